The summed E-state index contributed by atoms with van der Waals surface area (Å²) >= 11 is 0. The fraction of sp³-hybridized carbons (Fsp3) is 0. The smallest absolute Gasteiger partial charge is 0.199 e. The van der Waals surface area contributed by atoms with Crippen LogP contribution in [0.4, 0.5) is 5.69 Å². The predicted molar refractivity (Wildman–Crippen MR) is 46.6 cm³/mol. The van der Waals surface area contributed by atoms with Crippen LogP contribution in [0.2, 0.25) is 0 Å². The summed E-state index contributed by atoms with van der Waals surface area (Å²) in [6.07, 6.45) is 0. The van der Waals surface area contributed by atoms with Gasteiger partial charge in [-0.25, -0.2) is 8.42 Å². The number of nitrogens with one attached hydrogen (secondary N) is 1. The van der Waals surface area contributed by atoms with Crippen molar-refractivity contribution in [1.82, 2.24) is 5.73 Å². The molecule has 12 heavy (non-hydrogen) atoms. The van der Waals surface area contributed by atoms with Crippen LogP contribution in [0.15, 0.2) is 41.1 Å². The van der Waals surface area contributed by atoms with Gasteiger partial charge in [0.05, 0.1) is 10.6 Å². The van der Waals surface area contributed by atoms with Gasteiger partial charge in [-0.3, -0.25) is 0 Å². The molecular weight excluding hydrogens is 174 g/mol. The second-order valence-corrected chi connectivity index (χ2v) is 4.13. The lowest BCUT2D eigenvalue weighted by atomic mass is 10.3. The van der Waals surface area contributed by atoms with Gasteiger partial charge in [0, 0.05) is 5.41 Å². The van der Waals surface area contributed by atoms with Crippen molar-refractivity contribution in [2.45, 2.75) is 4.90 Å². The highest BCUT2D eigenvalue weighted by atomic mass is 32.2. The van der Waals surface area contributed by atoms with Crippen LogP contribution in [0.5, 0.6) is 0 Å². The Morgan fingerprint density at radius 1 is 1.42 bits per heavy atom. The Morgan fingerprint density at radius 3 is 2.58 bits per heavy atom. The molecule has 0 spiro atoms. The van der Waals surface area contributed by atoms with E-state index in [0.29, 0.717) is 0 Å². The minimum absolute atomic E-state index is 0.116. The lowest BCUT2D eigenvalue weighted by Gasteiger charge is -1.97. The van der Waals surface area contributed by atoms with Crippen molar-refractivity contribution >= 4 is 15.5 Å². The van der Waals surface area contributed by atoms with E-state index in [2.05, 4.69) is 6.58 Å². The summed E-state index contributed by atoms with van der Waals surface area (Å²) in [6, 6.07) is 5.77. The largest absolute Gasteiger partial charge is 0.301 e. The van der Waals surface area contributed by atoms with Crippen molar-refractivity contribution in [1.29, 1.82) is 0 Å². The van der Waals surface area contributed by atoms with Crippen LogP contribution in [0.25, 0.3) is 0 Å². The lowest BCUT2D eigenvalue weighted by molar-refractivity contribution is 0.604. The van der Waals surface area contributed by atoms with Gasteiger partial charge in [-0.2, -0.15) is 0 Å². The molecule has 0 aliphatic rings. The molecule has 0 aliphatic heterocycles. The maximum Gasteiger partial charge on any atom is 0.199 e. The Kier molecular flexibility index (Phi) is 2.19. The average Bonchev–Trinajstić information content (AvgIpc) is 2.05. The zero-order chi connectivity index (χ0) is 9.19. The molecular formula is C8H8NO2S. The normalized spacial score (nSPS) is 11.0. The highest BCUT2D eigenvalue weighted by Gasteiger charge is 2.08. The fourth-order valence-corrected chi connectivity index (χ4v) is 1.52. The summed E-state index contributed by atoms with van der Waals surface area (Å²) in [5.41, 5.74) is 7.37. The summed E-state index contributed by atoms with van der Waals surface area (Å²) in [7, 11) is -3.38. The van der Waals surface area contributed by atoms with Crippen LogP contribution in [-0.2, 0) is 9.84 Å². The Labute approximate surface area is 71.4 Å². The molecule has 63 valence electrons. The molecule has 0 unspecified atom stereocenters. The van der Waals surface area contributed by atoms with E-state index in [1.54, 1.807) is 0 Å². The number of sulfone groups is 1. The minimum atomic E-state index is -3.38. The van der Waals surface area contributed by atoms with Crippen LogP contribution in [0.3, 0.4) is 0 Å². The molecule has 0 fully saturated rings. The van der Waals surface area contributed by atoms with Crippen molar-refractivity contribution in [2.24, 2.45) is 0 Å². The standard InChI is InChI=1S/C8H8NO2S/c1-2-12(10,11)8-5-3-4-7(9)6-8/h2-6,9H,1H2. The summed E-state index contributed by atoms with van der Waals surface area (Å²) in [5.74, 6) is 0. The van der Waals surface area contributed by atoms with Crippen molar-refractivity contribution < 1.29 is 8.42 Å². The van der Waals surface area contributed by atoms with Crippen LogP contribution >= 0.6 is 0 Å². The third kappa shape index (κ3) is 1.65. The molecule has 1 N–H and O–H groups in total. The zero-order valence-electron chi connectivity index (χ0n) is 6.32. The van der Waals surface area contributed by atoms with Gasteiger partial charge in [0.1, 0.15) is 0 Å². The van der Waals surface area contributed by atoms with Gasteiger partial charge < -0.3 is 5.73 Å². The molecule has 1 rings (SSSR count). The van der Waals surface area contributed by atoms with Crippen LogP contribution in [0.1, 0.15) is 0 Å². The molecule has 0 aliphatic carbocycles. The maximum atomic E-state index is 11.2. The average molecular weight is 182 g/mol. The zero-order valence-corrected chi connectivity index (χ0v) is 7.14. The van der Waals surface area contributed by atoms with Crippen molar-refractivity contribution in [2.75, 3.05) is 0 Å². The topological polar surface area (TPSA) is 57.9 Å². The van der Waals surface area contributed by atoms with Gasteiger partial charge in [-0.15, -0.1) is 0 Å². The van der Waals surface area contributed by atoms with Crippen molar-refractivity contribution in [3.63, 3.8) is 0 Å². The first-order valence-electron chi connectivity index (χ1n) is 3.25. The van der Waals surface area contributed by atoms with Crippen LogP contribution < -0.4 is 5.73 Å². The molecule has 0 aromatic heterocycles. The van der Waals surface area contributed by atoms with E-state index < -0.39 is 9.84 Å². The third-order valence-corrected chi connectivity index (χ3v) is 2.73. The SMILES string of the molecule is C=CS(=O)(=O)c1cccc([NH])c1. The first-order valence-corrected chi connectivity index (χ1v) is 4.80. The van der Waals surface area contributed by atoms with E-state index in [9.17, 15) is 8.42 Å². The molecule has 1 radical (unpaired) electrons. The van der Waals surface area contributed by atoms with Crippen molar-refractivity contribution in [3.8, 4) is 0 Å². The first-order chi connectivity index (χ1) is 5.56. The quantitative estimate of drug-likeness (QED) is 0.696. The Hall–Kier alpha value is -1.29. The van der Waals surface area contributed by atoms with E-state index >= 15 is 0 Å². The molecule has 0 heterocycles. The molecule has 0 amide bonds. The molecule has 0 bridgehead atoms. The van der Waals surface area contributed by atoms with Gasteiger partial charge in [0.25, 0.3) is 0 Å². The number of hydrogen-bond acceptors (Lipinski definition) is 2. The van der Waals surface area contributed by atoms with E-state index in [4.69, 9.17) is 5.73 Å². The molecule has 1 aromatic rings. The predicted octanol–water partition coefficient (Wildman–Crippen LogP) is 1.52. The summed E-state index contributed by atoms with van der Waals surface area (Å²) in [6.45, 7) is 3.19. The van der Waals surface area contributed by atoms with Gasteiger partial charge in [0.2, 0.25) is 0 Å². The first kappa shape index (κ1) is 8.80. The van der Waals surface area contributed by atoms with E-state index in [1.165, 1.54) is 24.3 Å². The fourth-order valence-electron chi connectivity index (χ4n) is 0.769. The second kappa shape index (κ2) is 2.98. The van der Waals surface area contributed by atoms with Crippen molar-refractivity contribution in [3.05, 3.63) is 36.3 Å². The third-order valence-electron chi connectivity index (χ3n) is 1.38. The monoisotopic (exact) mass is 182 g/mol. The van der Waals surface area contributed by atoms with Gasteiger partial charge in [-0.05, 0) is 18.2 Å². The highest BCUT2D eigenvalue weighted by molar-refractivity contribution is 7.94. The number of hydrogen-bond donors (Lipinski definition) is 0. The van der Waals surface area contributed by atoms with E-state index in [1.807, 2.05) is 0 Å². The molecule has 1 aromatic carbocycles. The molecule has 4 heteroatoms. The molecule has 0 saturated heterocycles. The number of rotatable bonds is 2. The molecule has 3 nitrogen and oxygen atoms in total. The van der Waals surface area contributed by atoms with Crippen LogP contribution in [0, 0.1) is 0 Å². The highest BCUT2D eigenvalue weighted by Crippen LogP contribution is 2.15. The Bertz CT molecular complexity index is 395. The Balaban J connectivity index is 3.30. The molecule has 0 atom stereocenters. The van der Waals surface area contributed by atoms with Crippen LogP contribution in [-0.4, -0.2) is 8.42 Å². The molecule has 0 saturated carbocycles. The second-order valence-electron chi connectivity index (χ2n) is 2.24. The van der Waals surface area contributed by atoms with Gasteiger partial charge >= 0.3 is 0 Å². The van der Waals surface area contributed by atoms with E-state index in [0.717, 1.165) is 5.41 Å². The summed E-state index contributed by atoms with van der Waals surface area (Å²) in [5, 5.41) is 0.877. The summed E-state index contributed by atoms with van der Waals surface area (Å²) < 4.78 is 22.3. The van der Waals surface area contributed by atoms with Gasteiger partial charge in [0.15, 0.2) is 9.84 Å². The Morgan fingerprint density at radius 2 is 2.08 bits per heavy atom. The van der Waals surface area contributed by atoms with Gasteiger partial charge in [-0.1, -0.05) is 12.6 Å². The maximum absolute atomic E-state index is 11.2. The summed E-state index contributed by atoms with van der Waals surface area (Å²) in [4.78, 5) is 0.116. The lowest BCUT2D eigenvalue weighted by Crippen LogP contribution is -1.94. The minimum Gasteiger partial charge on any atom is -0.301 e. The number of benzene rings is 1. The van der Waals surface area contributed by atoms with E-state index in [-0.39, 0.29) is 10.6 Å².